The van der Waals surface area contributed by atoms with Crippen LogP contribution in [0.3, 0.4) is 0 Å². The van der Waals surface area contributed by atoms with Crippen molar-refractivity contribution in [2.75, 3.05) is 19.6 Å². The zero-order valence-corrected chi connectivity index (χ0v) is 17.7. The van der Waals surface area contributed by atoms with Gasteiger partial charge in [-0.05, 0) is 29.2 Å². The summed E-state index contributed by atoms with van der Waals surface area (Å²) < 4.78 is 0. The molecule has 0 saturated carbocycles. The summed E-state index contributed by atoms with van der Waals surface area (Å²) in [4.78, 5) is 39.1. The molecule has 8 nitrogen and oxygen atoms in total. The van der Waals surface area contributed by atoms with Crippen LogP contribution in [-0.4, -0.2) is 65.5 Å². The Morgan fingerprint density at radius 3 is 2.65 bits per heavy atom. The Bertz CT molecular complexity index is 948. The largest absolute Gasteiger partial charge is 0.390 e. The molecule has 5 N–H and O–H groups in total. The number of nitrogens with two attached hydrogens (primary N) is 1. The summed E-state index contributed by atoms with van der Waals surface area (Å²) in [6, 6.07) is 12.4. The molecule has 0 radical (unpaired) electrons. The highest BCUT2D eigenvalue weighted by atomic mass is 16.3. The number of hydrogen-bond donors (Lipinski definition) is 4. The van der Waals surface area contributed by atoms with E-state index in [1.54, 1.807) is 4.90 Å². The first-order valence-electron chi connectivity index (χ1n) is 10.6. The summed E-state index contributed by atoms with van der Waals surface area (Å²) in [5, 5.41) is 17.3. The Kier molecular flexibility index (Phi) is 7.59. The number of fused-ring (bicyclic) bond motifs is 1. The predicted molar refractivity (Wildman–Crippen MR) is 118 cm³/mol. The zero-order chi connectivity index (χ0) is 22.4. The van der Waals surface area contributed by atoms with E-state index in [0.29, 0.717) is 13.0 Å². The average Bonchev–Trinajstić information content (AvgIpc) is 3.27. The van der Waals surface area contributed by atoms with Gasteiger partial charge in [0, 0.05) is 33.0 Å². The third-order valence-corrected chi connectivity index (χ3v) is 5.63. The molecule has 0 aromatic heterocycles. The maximum atomic E-state index is 12.9. The number of aliphatic hydroxyl groups excluding tert-OH is 1. The lowest BCUT2D eigenvalue weighted by Gasteiger charge is -2.26. The molecule has 8 heteroatoms. The number of nitrogens with one attached hydrogen (secondary N) is 2. The van der Waals surface area contributed by atoms with Crippen molar-refractivity contribution < 1.29 is 19.5 Å². The van der Waals surface area contributed by atoms with Gasteiger partial charge in [0.25, 0.3) is 0 Å². The molecule has 31 heavy (non-hydrogen) atoms. The summed E-state index contributed by atoms with van der Waals surface area (Å²) in [6.45, 7) is 2.01. The summed E-state index contributed by atoms with van der Waals surface area (Å²) in [5.74, 6) is -0.895. The summed E-state index contributed by atoms with van der Waals surface area (Å²) in [7, 11) is 0. The van der Waals surface area contributed by atoms with Crippen molar-refractivity contribution >= 4 is 28.5 Å². The summed E-state index contributed by atoms with van der Waals surface area (Å²) in [5.41, 5.74) is 6.31. The van der Waals surface area contributed by atoms with Crippen molar-refractivity contribution in [1.29, 1.82) is 0 Å². The molecule has 1 fully saturated rings. The van der Waals surface area contributed by atoms with Gasteiger partial charge in [0.1, 0.15) is 12.1 Å². The van der Waals surface area contributed by atoms with Gasteiger partial charge in [-0.1, -0.05) is 42.5 Å². The number of aliphatic hydroxyl groups is 1. The number of nitrogens with zero attached hydrogens (tertiary/aromatic N) is 1. The van der Waals surface area contributed by atoms with Gasteiger partial charge in [0.2, 0.25) is 17.7 Å². The van der Waals surface area contributed by atoms with E-state index in [0.717, 1.165) is 22.8 Å². The molecular weight excluding hydrogens is 396 g/mol. The minimum absolute atomic E-state index is 0.00240. The van der Waals surface area contributed by atoms with E-state index in [4.69, 9.17) is 5.73 Å². The zero-order valence-electron chi connectivity index (χ0n) is 17.7. The maximum Gasteiger partial charge on any atom is 0.243 e. The number of rotatable bonds is 8. The number of benzene rings is 2. The molecule has 3 rings (SSSR count). The number of likely N-dealkylation sites (tertiary alicyclic amines) is 1. The Labute approximate surface area is 181 Å². The van der Waals surface area contributed by atoms with Gasteiger partial charge in [0.05, 0.1) is 6.10 Å². The summed E-state index contributed by atoms with van der Waals surface area (Å²) >= 11 is 0. The molecule has 3 amide bonds. The summed E-state index contributed by atoms with van der Waals surface area (Å²) in [6.07, 6.45) is 0.751. The lowest BCUT2D eigenvalue weighted by atomic mass is 10.0. The van der Waals surface area contributed by atoms with Gasteiger partial charge < -0.3 is 26.4 Å². The van der Waals surface area contributed by atoms with Crippen LogP contribution in [0.2, 0.25) is 0 Å². The van der Waals surface area contributed by atoms with Crippen molar-refractivity contribution in [2.45, 2.75) is 44.4 Å². The first-order chi connectivity index (χ1) is 14.9. The fourth-order valence-corrected chi connectivity index (χ4v) is 3.92. The fraction of sp³-hybridized carbons (Fsp3) is 0.435. The second kappa shape index (κ2) is 10.4. The first-order valence-corrected chi connectivity index (χ1v) is 10.6. The van der Waals surface area contributed by atoms with Gasteiger partial charge >= 0.3 is 0 Å². The highest BCUT2D eigenvalue weighted by Crippen LogP contribution is 2.19. The van der Waals surface area contributed by atoms with Crippen LogP contribution in [0, 0.1) is 0 Å². The standard InChI is InChI=1S/C23H30N4O4/c1-15(28)27-10-4-7-21(27)23(31)26-20(22(30)25-14-19(29)13-24)12-16-8-9-17-5-2-3-6-18(17)11-16/h2-3,5-6,8-9,11,19-21,29H,4,7,10,12-14,24H2,1H3,(H,25,30)(H,26,31). The Balaban J connectivity index is 1.77. The lowest BCUT2D eigenvalue weighted by Crippen LogP contribution is -2.54. The van der Waals surface area contributed by atoms with Gasteiger partial charge in [0.15, 0.2) is 0 Å². The second-order valence-electron chi connectivity index (χ2n) is 7.95. The molecule has 166 valence electrons. The third-order valence-electron chi connectivity index (χ3n) is 5.63. The fourth-order valence-electron chi connectivity index (χ4n) is 3.92. The molecule has 0 aliphatic carbocycles. The van der Waals surface area contributed by atoms with E-state index in [-0.39, 0.29) is 31.3 Å². The van der Waals surface area contributed by atoms with Crippen molar-refractivity contribution in [1.82, 2.24) is 15.5 Å². The van der Waals surface area contributed by atoms with Crippen LogP contribution in [0.15, 0.2) is 42.5 Å². The quantitative estimate of drug-likeness (QED) is 0.484. The minimum atomic E-state index is -0.857. The van der Waals surface area contributed by atoms with E-state index >= 15 is 0 Å². The molecule has 1 aliphatic rings. The molecular formula is C23H30N4O4. The van der Waals surface area contributed by atoms with Crippen molar-refractivity contribution in [3.8, 4) is 0 Å². The molecule has 1 saturated heterocycles. The van der Waals surface area contributed by atoms with Crippen LogP contribution < -0.4 is 16.4 Å². The minimum Gasteiger partial charge on any atom is -0.390 e. The monoisotopic (exact) mass is 426 g/mol. The molecule has 2 aromatic rings. The van der Waals surface area contributed by atoms with Crippen LogP contribution in [0.1, 0.15) is 25.3 Å². The molecule has 3 unspecified atom stereocenters. The highest BCUT2D eigenvalue weighted by molar-refractivity contribution is 5.92. The lowest BCUT2D eigenvalue weighted by molar-refractivity contribution is -0.138. The SMILES string of the molecule is CC(=O)N1CCCC1C(=O)NC(Cc1ccc2ccccc2c1)C(=O)NCC(O)CN. The van der Waals surface area contributed by atoms with Crippen molar-refractivity contribution in [3.05, 3.63) is 48.0 Å². The Morgan fingerprint density at radius 2 is 1.94 bits per heavy atom. The van der Waals surface area contributed by atoms with E-state index < -0.39 is 24.1 Å². The molecule has 1 aliphatic heterocycles. The predicted octanol–water partition coefficient (Wildman–Crippen LogP) is 0.314. The molecule has 0 bridgehead atoms. The van der Waals surface area contributed by atoms with Crippen LogP contribution >= 0.6 is 0 Å². The topological polar surface area (TPSA) is 125 Å². The van der Waals surface area contributed by atoms with Gasteiger partial charge in [-0.25, -0.2) is 0 Å². The van der Waals surface area contributed by atoms with Crippen molar-refractivity contribution in [2.24, 2.45) is 5.73 Å². The molecule has 3 atom stereocenters. The van der Waals surface area contributed by atoms with Gasteiger partial charge in [-0.3, -0.25) is 14.4 Å². The molecule has 1 heterocycles. The van der Waals surface area contributed by atoms with E-state index in [1.165, 1.54) is 6.92 Å². The normalized spacial score (nSPS) is 17.9. The van der Waals surface area contributed by atoms with E-state index in [2.05, 4.69) is 10.6 Å². The van der Waals surface area contributed by atoms with Gasteiger partial charge in [-0.15, -0.1) is 0 Å². The van der Waals surface area contributed by atoms with E-state index in [9.17, 15) is 19.5 Å². The van der Waals surface area contributed by atoms with Gasteiger partial charge in [-0.2, -0.15) is 0 Å². The van der Waals surface area contributed by atoms with Crippen LogP contribution in [0.5, 0.6) is 0 Å². The Morgan fingerprint density at radius 1 is 1.19 bits per heavy atom. The average molecular weight is 427 g/mol. The number of amides is 3. The van der Waals surface area contributed by atoms with Crippen LogP contribution in [0.25, 0.3) is 10.8 Å². The first kappa shape index (κ1) is 22.7. The van der Waals surface area contributed by atoms with Crippen molar-refractivity contribution in [3.63, 3.8) is 0 Å². The number of carbonyl (C=O) groups is 3. The number of hydrogen-bond acceptors (Lipinski definition) is 5. The third kappa shape index (κ3) is 5.80. The number of carbonyl (C=O) groups excluding carboxylic acids is 3. The van der Waals surface area contributed by atoms with Crippen LogP contribution in [0.4, 0.5) is 0 Å². The second-order valence-corrected chi connectivity index (χ2v) is 7.95. The molecule has 0 spiro atoms. The van der Waals surface area contributed by atoms with Crippen LogP contribution in [-0.2, 0) is 20.8 Å². The maximum absolute atomic E-state index is 12.9. The molecule has 2 aromatic carbocycles. The smallest absolute Gasteiger partial charge is 0.243 e. The Hall–Kier alpha value is -2.97. The highest BCUT2D eigenvalue weighted by Gasteiger charge is 2.34. The van der Waals surface area contributed by atoms with E-state index in [1.807, 2.05) is 42.5 Å².